The van der Waals surface area contributed by atoms with Gasteiger partial charge in [-0.05, 0) is 102 Å². The highest BCUT2D eigenvalue weighted by Crippen LogP contribution is 2.27. The molecular formula is C65H115N11O13. The molecule has 0 aromatic carbocycles. The van der Waals surface area contributed by atoms with E-state index in [0.717, 1.165) is 14.7 Å². The van der Waals surface area contributed by atoms with E-state index in [9.17, 15) is 48.3 Å². The largest absolute Gasteiger partial charge is 0.390 e. The van der Waals surface area contributed by atoms with Gasteiger partial charge < -0.3 is 65.4 Å². The summed E-state index contributed by atoms with van der Waals surface area (Å²) < 4.78 is 5.72. The number of allylic oxidation sites excluding steroid dienone is 2. The third-order valence-electron chi connectivity index (χ3n) is 17.0. The van der Waals surface area contributed by atoms with E-state index in [1.165, 1.54) is 83.0 Å². The van der Waals surface area contributed by atoms with E-state index in [2.05, 4.69) is 27.8 Å². The van der Waals surface area contributed by atoms with Crippen molar-refractivity contribution in [1.29, 1.82) is 0 Å². The Bertz CT molecular complexity index is 2500. The summed E-state index contributed by atoms with van der Waals surface area (Å²) in [6.07, 6.45) is 2.40. The molecule has 1 heterocycles. The number of hydrogen-bond acceptors (Lipinski definition) is 13. The number of nitrogens with zero attached hydrogens (tertiary/aromatic N) is 7. The molecule has 0 unspecified atom stereocenters. The fraction of sp³-hybridized carbons (Fsp3) is 0.769. The normalized spacial score (nSPS) is 26.5. The van der Waals surface area contributed by atoms with Crippen molar-refractivity contribution < 1.29 is 62.6 Å². The summed E-state index contributed by atoms with van der Waals surface area (Å²) in [5.41, 5.74) is -1.45. The molecule has 1 rings (SSSR count). The van der Waals surface area contributed by atoms with Crippen LogP contribution in [0.1, 0.15) is 163 Å². The van der Waals surface area contributed by atoms with Crippen molar-refractivity contribution in [3.8, 4) is 0 Å². The lowest BCUT2D eigenvalue weighted by molar-refractivity contribution is -0.157. The van der Waals surface area contributed by atoms with Crippen LogP contribution in [0.5, 0.6) is 0 Å². The Balaban J connectivity index is 4.39. The molecule has 0 spiro atoms. The second kappa shape index (κ2) is 35.8. The lowest BCUT2D eigenvalue weighted by Crippen LogP contribution is -2.63. The number of rotatable bonds is 16. The molecule has 0 aromatic heterocycles. The van der Waals surface area contributed by atoms with E-state index in [4.69, 9.17) is 4.74 Å². The zero-order valence-corrected chi connectivity index (χ0v) is 58.6. The zero-order chi connectivity index (χ0) is 69.2. The van der Waals surface area contributed by atoms with E-state index < -0.39 is 161 Å². The summed E-state index contributed by atoms with van der Waals surface area (Å²) in [7, 11) is 11.2. The number of aliphatic hydroxyl groups excluding tert-OH is 1. The van der Waals surface area contributed by atoms with Crippen LogP contribution in [-0.4, -0.2) is 233 Å². The second-order valence-electron chi connectivity index (χ2n) is 27.1. The Morgan fingerprint density at radius 1 is 0.573 bits per heavy atom. The van der Waals surface area contributed by atoms with Crippen LogP contribution >= 0.6 is 0 Å². The highest BCUT2D eigenvalue weighted by Gasteiger charge is 2.46. The molecule has 1 saturated heterocycles. The van der Waals surface area contributed by atoms with Crippen molar-refractivity contribution >= 4 is 65.0 Å². The number of aliphatic hydroxyl groups is 1. The van der Waals surface area contributed by atoms with Crippen LogP contribution in [0, 0.1) is 35.5 Å². The minimum absolute atomic E-state index is 0.0442. The third-order valence-corrected chi connectivity index (χ3v) is 17.0. The molecule has 11 amide bonds. The van der Waals surface area contributed by atoms with Crippen molar-refractivity contribution in [2.75, 3.05) is 56.4 Å². The first-order valence-corrected chi connectivity index (χ1v) is 31.6. The van der Waals surface area contributed by atoms with E-state index >= 15 is 9.59 Å². The van der Waals surface area contributed by atoms with Gasteiger partial charge >= 0.3 is 0 Å². The average Bonchev–Trinajstić information content (AvgIpc) is 1.13. The van der Waals surface area contributed by atoms with Crippen molar-refractivity contribution in [3.05, 3.63) is 24.4 Å². The molecule has 0 bridgehead atoms. The van der Waals surface area contributed by atoms with E-state index in [0.29, 0.717) is 0 Å². The fourth-order valence-corrected chi connectivity index (χ4v) is 10.9. The number of amides is 11. The molecule has 12 atom stereocenters. The Kier molecular flexibility index (Phi) is 32.4. The Hall–Kier alpha value is -6.43. The van der Waals surface area contributed by atoms with Crippen LogP contribution in [0.15, 0.2) is 24.4 Å². The van der Waals surface area contributed by atoms with Crippen molar-refractivity contribution in [1.82, 2.24) is 55.6 Å². The van der Waals surface area contributed by atoms with Gasteiger partial charge in [0, 0.05) is 75.3 Å². The minimum Gasteiger partial charge on any atom is -0.390 e. The smallest absolute Gasteiger partial charge is 0.270 e. The Labute approximate surface area is 532 Å². The zero-order valence-electron chi connectivity index (χ0n) is 58.6. The van der Waals surface area contributed by atoms with Crippen molar-refractivity contribution in [2.45, 2.75) is 235 Å². The third kappa shape index (κ3) is 22.5. The SMILES string of the molecule is C=C1C(=O)N(C)[C@@H](CC(C)(C)OC)C(=O)N[C@@H](C(C)C)C(=O)N(C)[C@@H](CC(C)C)C(=O)N[C@@H](C)C(=O)N[C@H](C)CC(=O)N(C)[C@H](CC(C)C)C(=O)N(C)[C@@H](CC(C)C)C(=O)N(C)[C@@H](C(C)C)C(=O)N(C)[C@@H]([C@H](O)[C@H](C)C/C=C/C)C(=O)N[C@@H](CC)C(=O)N1C. The molecule has 24 nitrogen and oxygen atoms in total. The van der Waals surface area contributed by atoms with Crippen LogP contribution < -0.4 is 21.3 Å². The highest BCUT2D eigenvalue weighted by atomic mass is 16.5. The molecule has 1 fully saturated rings. The van der Waals surface area contributed by atoms with Gasteiger partial charge in [0.1, 0.15) is 60.1 Å². The van der Waals surface area contributed by atoms with Crippen LogP contribution in [0.25, 0.3) is 0 Å². The molecular weight excluding hydrogens is 1140 g/mol. The lowest BCUT2D eigenvalue weighted by Gasteiger charge is -2.41. The van der Waals surface area contributed by atoms with Crippen molar-refractivity contribution in [2.24, 2.45) is 35.5 Å². The number of ether oxygens (including phenoxy) is 1. The van der Waals surface area contributed by atoms with Crippen LogP contribution in [-0.2, 0) is 57.5 Å². The standard InChI is InChI=1S/C65H115N11O13/c1-27-29-30-41(13)54(78)53-58(82)68-45(28-2)60(84)70(19)44(16)59(83)74(23)49(35-65(17,18)89-26)57(81)69-51(39(9)10)63(87)72(21)46(31-36(3)4)56(80)67-43(15)55(79)66-42(14)34-50(77)71(20)47(32-37(5)6)61(85)73(22)48(33-38(7)8)62(86)75(24)52(40(11)12)64(88)76(53)25/h27,29,36-43,45-49,51-54,78H,16,28,30-35H2,1-15,17-26H3,(H,66,79)(H,67,80)(H,68,82)(H,69,81)/b29-27+/t41-,42-,43+,45+,46+,47-,48+,49+,51+,52+,53+,54-/m1/s1. The molecule has 0 saturated carbocycles. The van der Waals surface area contributed by atoms with Crippen LogP contribution in [0.4, 0.5) is 0 Å². The first-order chi connectivity index (χ1) is 41.0. The second-order valence-corrected chi connectivity index (χ2v) is 27.1. The molecule has 508 valence electrons. The van der Waals surface area contributed by atoms with Gasteiger partial charge in [0.15, 0.2) is 0 Å². The maximum Gasteiger partial charge on any atom is 0.270 e. The van der Waals surface area contributed by atoms with Gasteiger partial charge in [0.2, 0.25) is 59.1 Å². The van der Waals surface area contributed by atoms with Gasteiger partial charge in [0.05, 0.1) is 11.7 Å². The summed E-state index contributed by atoms with van der Waals surface area (Å²) in [6.45, 7) is 33.6. The maximum atomic E-state index is 15.2. The molecule has 0 aliphatic carbocycles. The summed E-state index contributed by atoms with van der Waals surface area (Å²) in [4.78, 5) is 169. The number of nitrogens with one attached hydrogen (secondary N) is 4. The van der Waals surface area contributed by atoms with Crippen LogP contribution in [0.3, 0.4) is 0 Å². The summed E-state index contributed by atoms with van der Waals surface area (Å²) in [5.74, 6) is -9.94. The van der Waals surface area contributed by atoms with Gasteiger partial charge in [-0.25, -0.2) is 0 Å². The first kappa shape index (κ1) is 80.6. The first-order valence-electron chi connectivity index (χ1n) is 31.6. The van der Waals surface area contributed by atoms with E-state index in [1.807, 2.05) is 41.5 Å². The molecule has 1 aliphatic heterocycles. The van der Waals surface area contributed by atoms with E-state index in [1.54, 1.807) is 81.4 Å². The van der Waals surface area contributed by atoms with Gasteiger partial charge in [-0.2, -0.15) is 0 Å². The maximum absolute atomic E-state index is 15.2. The average molecular weight is 1260 g/mol. The minimum atomic E-state index is -1.65. The lowest BCUT2D eigenvalue weighted by atomic mass is 9.91. The molecule has 0 aromatic rings. The predicted molar refractivity (Wildman–Crippen MR) is 344 cm³/mol. The highest BCUT2D eigenvalue weighted by molar-refractivity contribution is 6.02. The number of carbonyl (C=O) groups excluding carboxylic acids is 11. The fourth-order valence-electron chi connectivity index (χ4n) is 10.9. The van der Waals surface area contributed by atoms with E-state index in [-0.39, 0.29) is 62.7 Å². The predicted octanol–water partition coefficient (Wildman–Crippen LogP) is 3.94. The quantitative estimate of drug-likeness (QED) is 0.108. The number of likely N-dealkylation sites (N-methyl/N-ethyl adjacent to an activating group) is 7. The Morgan fingerprint density at radius 2 is 1.04 bits per heavy atom. The topological polar surface area (TPSA) is 288 Å². The molecule has 24 heteroatoms. The number of carbonyl (C=O) groups is 11. The Morgan fingerprint density at radius 3 is 1.52 bits per heavy atom. The monoisotopic (exact) mass is 1260 g/mol. The van der Waals surface area contributed by atoms with Crippen molar-refractivity contribution in [3.63, 3.8) is 0 Å². The molecule has 1 aliphatic rings. The molecule has 0 radical (unpaired) electrons. The van der Waals surface area contributed by atoms with Gasteiger partial charge in [-0.1, -0.05) is 102 Å². The summed E-state index contributed by atoms with van der Waals surface area (Å²) >= 11 is 0. The van der Waals surface area contributed by atoms with Gasteiger partial charge in [-0.15, -0.1) is 0 Å². The molecule has 89 heavy (non-hydrogen) atoms. The number of hydrogen-bond donors (Lipinski definition) is 5. The molecule has 5 N–H and O–H groups in total. The van der Waals surface area contributed by atoms with Gasteiger partial charge in [0.25, 0.3) is 5.91 Å². The number of methoxy groups -OCH3 is 1. The summed E-state index contributed by atoms with van der Waals surface area (Å²) in [6, 6.07) is -12.3. The summed E-state index contributed by atoms with van der Waals surface area (Å²) in [5, 5.41) is 23.2. The van der Waals surface area contributed by atoms with Gasteiger partial charge in [-0.3, -0.25) is 52.7 Å². The van der Waals surface area contributed by atoms with Crippen LogP contribution in [0.2, 0.25) is 0 Å².